The minimum Gasteiger partial charge on any atom is -0.494 e. The first-order valence-electron chi connectivity index (χ1n) is 10.8. The summed E-state index contributed by atoms with van der Waals surface area (Å²) in [6.07, 6.45) is 1.42. The Kier molecular flexibility index (Phi) is 9.04. The Morgan fingerprint density at radius 1 is 1.03 bits per heavy atom. The van der Waals surface area contributed by atoms with Crippen molar-refractivity contribution in [2.75, 3.05) is 23.8 Å². The summed E-state index contributed by atoms with van der Waals surface area (Å²) in [5, 5.41) is 15.1. The van der Waals surface area contributed by atoms with Crippen LogP contribution in [0.3, 0.4) is 0 Å². The van der Waals surface area contributed by atoms with E-state index < -0.39 is 5.91 Å². The normalized spacial score (nSPS) is 10.7. The third kappa shape index (κ3) is 7.45. The second kappa shape index (κ2) is 12.4. The highest BCUT2D eigenvalue weighted by atomic mass is 79.9. The molecule has 0 aliphatic carbocycles. The number of carbonyl (C=O) groups is 2. The van der Waals surface area contributed by atoms with Crippen LogP contribution in [0.2, 0.25) is 0 Å². The molecule has 7 nitrogen and oxygen atoms in total. The molecule has 0 aliphatic rings. The van der Waals surface area contributed by atoms with Gasteiger partial charge in [-0.1, -0.05) is 34.1 Å². The number of rotatable bonds is 9. The summed E-state index contributed by atoms with van der Waals surface area (Å²) in [4.78, 5) is 25.1. The molecule has 0 bridgehead atoms. The van der Waals surface area contributed by atoms with E-state index in [0.29, 0.717) is 35.0 Å². The van der Waals surface area contributed by atoms with Gasteiger partial charge in [-0.2, -0.15) is 5.26 Å². The van der Waals surface area contributed by atoms with Gasteiger partial charge in [-0.05, 0) is 74.0 Å². The van der Waals surface area contributed by atoms with Crippen molar-refractivity contribution in [2.24, 2.45) is 0 Å². The number of hydrogen-bond acceptors (Lipinski definition) is 5. The van der Waals surface area contributed by atoms with Gasteiger partial charge < -0.3 is 20.1 Å². The maximum atomic E-state index is 12.7. The molecule has 3 aromatic carbocycles. The van der Waals surface area contributed by atoms with E-state index in [4.69, 9.17) is 9.47 Å². The zero-order chi connectivity index (χ0) is 25.2. The van der Waals surface area contributed by atoms with E-state index in [9.17, 15) is 14.9 Å². The Balaban J connectivity index is 1.72. The summed E-state index contributed by atoms with van der Waals surface area (Å²) >= 11 is 3.39. The summed E-state index contributed by atoms with van der Waals surface area (Å²) in [5.74, 6) is 0.143. The molecule has 0 spiro atoms. The van der Waals surface area contributed by atoms with Crippen LogP contribution in [0.25, 0.3) is 6.08 Å². The lowest BCUT2D eigenvalue weighted by molar-refractivity contribution is -0.118. The van der Waals surface area contributed by atoms with Gasteiger partial charge in [-0.25, -0.2) is 0 Å². The van der Waals surface area contributed by atoms with E-state index in [2.05, 4.69) is 26.6 Å². The highest BCUT2D eigenvalue weighted by molar-refractivity contribution is 9.10. The van der Waals surface area contributed by atoms with Gasteiger partial charge in [0.25, 0.3) is 11.8 Å². The van der Waals surface area contributed by atoms with E-state index in [1.807, 2.05) is 44.2 Å². The summed E-state index contributed by atoms with van der Waals surface area (Å²) in [6, 6.07) is 21.3. The molecule has 0 fully saturated rings. The zero-order valence-electron chi connectivity index (χ0n) is 19.3. The number of para-hydroxylation sites is 1. The average Bonchev–Trinajstić information content (AvgIpc) is 2.84. The van der Waals surface area contributed by atoms with Crippen molar-refractivity contribution in [1.82, 2.24) is 0 Å². The molecule has 0 aromatic heterocycles. The molecule has 178 valence electrons. The van der Waals surface area contributed by atoms with Gasteiger partial charge in [0.2, 0.25) is 0 Å². The molecule has 3 rings (SSSR count). The quantitative estimate of drug-likeness (QED) is 0.270. The second-order valence-corrected chi connectivity index (χ2v) is 8.33. The molecule has 2 amide bonds. The molecule has 0 radical (unpaired) electrons. The fourth-order valence-corrected chi connectivity index (χ4v) is 3.49. The third-order valence-corrected chi connectivity index (χ3v) is 5.33. The lowest BCUT2D eigenvalue weighted by Crippen LogP contribution is -2.21. The first-order chi connectivity index (χ1) is 16.9. The molecule has 0 unspecified atom stereocenters. The molecule has 0 atom stereocenters. The van der Waals surface area contributed by atoms with Gasteiger partial charge in [0.05, 0.1) is 6.61 Å². The number of anilines is 2. The lowest BCUT2D eigenvalue weighted by atomic mass is 10.1. The number of carbonyl (C=O) groups excluding carboxylic acids is 2. The fourth-order valence-electron chi connectivity index (χ4n) is 3.11. The average molecular weight is 534 g/mol. The molecule has 2 N–H and O–H groups in total. The summed E-state index contributed by atoms with van der Waals surface area (Å²) in [6.45, 7) is 4.08. The van der Waals surface area contributed by atoms with Gasteiger partial charge >= 0.3 is 0 Å². The maximum Gasteiger partial charge on any atom is 0.266 e. The minimum atomic E-state index is -0.570. The molecule has 0 saturated heterocycles. The SMILES string of the molecule is CCOc1ccc(NC(=O)/C(C#N)=C/c2cc(Br)ccc2OCC(=O)Nc2ccccc2C)cc1. The third-order valence-electron chi connectivity index (χ3n) is 4.84. The van der Waals surface area contributed by atoms with E-state index in [0.717, 1.165) is 10.0 Å². The Hall–Kier alpha value is -4.09. The largest absolute Gasteiger partial charge is 0.494 e. The first-order valence-corrected chi connectivity index (χ1v) is 11.6. The number of ether oxygens (including phenoxy) is 2. The van der Waals surface area contributed by atoms with E-state index >= 15 is 0 Å². The number of nitrogens with one attached hydrogen (secondary N) is 2. The second-order valence-electron chi connectivity index (χ2n) is 7.42. The van der Waals surface area contributed by atoms with Crippen molar-refractivity contribution in [2.45, 2.75) is 13.8 Å². The molecule has 3 aromatic rings. The van der Waals surface area contributed by atoms with Gasteiger partial charge in [-0.3, -0.25) is 9.59 Å². The summed E-state index contributed by atoms with van der Waals surface area (Å²) < 4.78 is 11.8. The number of nitriles is 1. The van der Waals surface area contributed by atoms with Crippen molar-refractivity contribution in [3.8, 4) is 17.6 Å². The van der Waals surface area contributed by atoms with Crippen LogP contribution in [-0.4, -0.2) is 25.0 Å². The minimum absolute atomic E-state index is 0.119. The molecule has 0 heterocycles. The number of halogens is 1. The standard InChI is InChI=1S/C27H24BrN3O4/c1-3-34-23-11-9-22(10-12-23)30-27(33)20(16-29)14-19-15-21(28)8-13-25(19)35-17-26(32)31-24-7-5-4-6-18(24)2/h4-15H,3,17H2,1-2H3,(H,30,33)(H,31,32)/b20-14+. The van der Waals surface area contributed by atoms with Crippen LogP contribution in [0.5, 0.6) is 11.5 Å². The number of nitrogens with zero attached hydrogens (tertiary/aromatic N) is 1. The monoisotopic (exact) mass is 533 g/mol. The Morgan fingerprint density at radius 2 is 1.77 bits per heavy atom. The lowest BCUT2D eigenvalue weighted by Gasteiger charge is -2.12. The van der Waals surface area contributed by atoms with Crippen molar-refractivity contribution in [3.63, 3.8) is 0 Å². The molecule has 8 heteroatoms. The van der Waals surface area contributed by atoms with Gasteiger partial charge in [0.15, 0.2) is 6.61 Å². The molecule has 0 saturated carbocycles. The van der Waals surface area contributed by atoms with Crippen LogP contribution in [0.4, 0.5) is 11.4 Å². The van der Waals surface area contributed by atoms with Gasteiger partial charge in [-0.15, -0.1) is 0 Å². The van der Waals surface area contributed by atoms with Crippen LogP contribution in [0.1, 0.15) is 18.1 Å². The highest BCUT2D eigenvalue weighted by Crippen LogP contribution is 2.26. The van der Waals surface area contributed by atoms with Crippen LogP contribution in [-0.2, 0) is 9.59 Å². The van der Waals surface area contributed by atoms with Crippen molar-refractivity contribution >= 4 is 45.2 Å². The van der Waals surface area contributed by atoms with Crippen LogP contribution < -0.4 is 20.1 Å². The number of hydrogen-bond donors (Lipinski definition) is 2. The molecule has 0 aliphatic heterocycles. The number of amides is 2. The van der Waals surface area contributed by atoms with Crippen molar-refractivity contribution < 1.29 is 19.1 Å². The predicted octanol–water partition coefficient (Wildman–Crippen LogP) is 5.72. The summed E-state index contributed by atoms with van der Waals surface area (Å²) in [5.41, 5.74) is 2.52. The molecular weight excluding hydrogens is 510 g/mol. The predicted molar refractivity (Wildman–Crippen MR) is 139 cm³/mol. The molecular formula is C27H24BrN3O4. The van der Waals surface area contributed by atoms with E-state index in [-0.39, 0.29) is 18.1 Å². The zero-order valence-corrected chi connectivity index (χ0v) is 20.9. The number of aryl methyl sites for hydroxylation is 1. The molecule has 35 heavy (non-hydrogen) atoms. The smallest absolute Gasteiger partial charge is 0.266 e. The fraction of sp³-hybridized carbons (Fsp3) is 0.148. The topological polar surface area (TPSA) is 100 Å². The Morgan fingerprint density at radius 3 is 2.46 bits per heavy atom. The Bertz CT molecular complexity index is 1280. The van der Waals surface area contributed by atoms with Gasteiger partial charge in [0.1, 0.15) is 23.1 Å². The van der Waals surface area contributed by atoms with Crippen molar-refractivity contribution in [3.05, 3.63) is 87.9 Å². The van der Waals surface area contributed by atoms with Crippen LogP contribution in [0, 0.1) is 18.3 Å². The maximum absolute atomic E-state index is 12.7. The van der Waals surface area contributed by atoms with Crippen molar-refractivity contribution in [1.29, 1.82) is 5.26 Å². The van der Waals surface area contributed by atoms with Crippen LogP contribution >= 0.6 is 15.9 Å². The number of benzene rings is 3. The first kappa shape index (κ1) is 25.5. The highest BCUT2D eigenvalue weighted by Gasteiger charge is 2.13. The Labute approximate surface area is 212 Å². The van der Waals surface area contributed by atoms with Gasteiger partial charge in [0, 0.05) is 21.4 Å². The van der Waals surface area contributed by atoms with E-state index in [1.54, 1.807) is 42.5 Å². The van der Waals surface area contributed by atoms with Crippen LogP contribution in [0.15, 0.2) is 76.8 Å². The summed E-state index contributed by atoms with van der Waals surface area (Å²) in [7, 11) is 0. The van der Waals surface area contributed by atoms with E-state index in [1.165, 1.54) is 6.08 Å².